The molecule has 7 nitrogen and oxygen atoms in total. The molecule has 0 radical (unpaired) electrons. The van der Waals surface area contributed by atoms with Crippen LogP contribution >= 0.6 is 0 Å². The number of aromatic nitrogens is 2. The fourth-order valence-electron chi connectivity index (χ4n) is 1.90. The van der Waals surface area contributed by atoms with Crippen LogP contribution in [0.3, 0.4) is 0 Å². The highest BCUT2D eigenvalue weighted by atomic mass is 16.4. The summed E-state index contributed by atoms with van der Waals surface area (Å²) < 4.78 is 0. The van der Waals surface area contributed by atoms with Gasteiger partial charge in [-0.3, -0.25) is 4.79 Å². The number of carbonyl (C=O) groups is 2. The van der Waals surface area contributed by atoms with E-state index in [4.69, 9.17) is 5.11 Å². The van der Waals surface area contributed by atoms with E-state index < -0.39 is 12.0 Å². The fraction of sp³-hybridized carbons (Fsp3) is 0.286. The van der Waals surface area contributed by atoms with Crippen LogP contribution in [0.15, 0.2) is 24.5 Å². The molecule has 0 saturated carbocycles. The van der Waals surface area contributed by atoms with Crippen LogP contribution in [0.2, 0.25) is 0 Å². The Kier molecular flexibility index (Phi) is 4.32. The first-order valence-corrected chi connectivity index (χ1v) is 6.55. The number of hydrogen-bond donors (Lipinski definition) is 3. The van der Waals surface area contributed by atoms with Crippen LogP contribution in [0.25, 0.3) is 10.9 Å². The molecule has 21 heavy (non-hydrogen) atoms. The molecule has 7 heteroatoms. The Bertz CT molecular complexity index is 687. The second-order valence-corrected chi connectivity index (χ2v) is 4.52. The van der Waals surface area contributed by atoms with Gasteiger partial charge in [0.2, 0.25) is 5.91 Å². The highest BCUT2D eigenvalue weighted by Crippen LogP contribution is 2.21. The molecule has 0 spiro atoms. The first kappa shape index (κ1) is 14.7. The Hall–Kier alpha value is -2.70. The smallest absolute Gasteiger partial charge is 0.335 e. The number of carbonyl (C=O) groups excluding carboxylic acids is 1. The van der Waals surface area contributed by atoms with Gasteiger partial charge in [0.05, 0.1) is 11.1 Å². The van der Waals surface area contributed by atoms with E-state index in [-0.39, 0.29) is 11.5 Å². The normalized spacial score (nSPS) is 11.9. The predicted molar refractivity (Wildman–Crippen MR) is 78.3 cm³/mol. The standard InChI is InChI=1S/C14H16N4O3/c1-3-15-13(19)8(2)18-12-10-5-4-9(14(20)21)6-11(10)16-7-17-12/h4-8H,3H2,1-2H3,(H,15,19)(H,20,21)(H,16,17,18). The maximum absolute atomic E-state index is 11.7. The Morgan fingerprint density at radius 1 is 1.33 bits per heavy atom. The third kappa shape index (κ3) is 3.25. The molecule has 0 fully saturated rings. The highest BCUT2D eigenvalue weighted by Gasteiger charge is 2.14. The number of nitrogens with one attached hydrogen (secondary N) is 2. The molecule has 1 atom stereocenters. The van der Waals surface area contributed by atoms with E-state index in [0.717, 1.165) is 0 Å². The summed E-state index contributed by atoms with van der Waals surface area (Å²) in [5.41, 5.74) is 0.666. The van der Waals surface area contributed by atoms with Gasteiger partial charge in [0.15, 0.2) is 0 Å². The van der Waals surface area contributed by atoms with Crippen molar-refractivity contribution in [2.24, 2.45) is 0 Å². The zero-order valence-corrected chi connectivity index (χ0v) is 11.8. The van der Waals surface area contributed by atoms with Gasteiger partial charge >= 0.3 is 5.97 Å². The number of aromatic carboxylic acids is 1. The molecule has 0 aliphatic carbocycles. The first-order chi connectivity index (χ1) is 10.0. The van der Waals surface area contributed by atoms with Gasteiger partial charge in [-0.2, -0.15) is 0 Å². The average molecular weight is 288 g/mol. The second kappa shape index (κ2) is 6.17. The number of benzene rings is 1. The van der Waals surface area contributed by atoms with E-state index in [0.29, 0.717) is 23.3 Å². The molecule has 0 saturated heterocycles. The number of hydrogen-bond acceptors (Lipinski definition) is 5. The zero-order chi connectivity index (χ0) is 15.4. The van der Waals surface area contributed by atoms with Gasteiger partial charge in [-0.1, -0.05) is 0 Å². The summed E-state index contributed by atoms with van der Waals surface area (Å²) in [6, 6.07) is 4.13. The van der Waals surface area contributed by atoms with Crippen molar-refractivity contribution in [2.45, 2.75) is 19.9 Å². The molecule has 3 N–H and O–H groups in total. The van der Waals surface area contributed by atoms with Crippen molar-refractivity contribution >= 4 is 28.6 Å². The maximum atomic E-state index is 11.7. The summed E-state index contributed by atoms with van der Waals surface area (Å²) >= 11 is 0. The van der Waals surface area contributed by atoms with Crippen LogP contribution in [0.4, 0.5) is 5.82 Å². The zero-order valence-electron chi connectivity index (χ0n) is 11.8. The lowest BCUT2D eigenvalue weighted by Gasteiger charge is -2.15. The van der Waals surface area contributed by atoms with Gasteiger partial charge in [-0.05, 0) is 32.0 Å². The number of carboxylic acids is 1. The van der Waals surface area contributed by atoms with Crippen molar-refractivity contribution in [3.63, 3.8) is 0 Å². The lowest BCUT2D eigenvalue weighted by atomic mass is 10.1. The molecule has 1 unspecified atom stereocenters. The largest absolute Gasteiger partial charge is 0.478 e. The minimum Gasteiger partial charge on any atom is -0.478 e. The molecule has 0 aliphatic rings. The van der Waals surface area contributed by atoms with Gasteiger partial charge in [-0.15, -0.1) is 0 Å². The van der Waals surface area contributed by atoms with Gasteiger partial charge in [-0.25, -0.2) is 14.8 Å². The van der Waals surface area contributed by atoms with E-state index in [1.807, 2.05) is 6.92 Å². The van der Waals surface area contributed by atoms with Gasteiger partial charge in [0, 0.05) is 11.9 Å². The van der Waals surface area contributed by atoms with Crippen LogP contribution < -0.4 is 10.6 Å². The Morgan fingerprint density at radius 2 is 2.10 bits per heavy atom. The molecule has 1 aromatic heterocycles. The molecule has 0 bridgehead atoms. The molecule has 2 aromatic rings. The Balaban J connectivity index is 2.32. The molecular weight excluding hydrogens is 272 g/mol. The van der Waals surface area contributed by atoms with Crippen molar-refractivity contribution in [2.75, 3.05) is 11.9 Å². The Morgan fingerprint density at radius 3 is 2.76 bits per heavy atom. The van der Waals surface area contributed by atoms with E-state index >= 15 is 0 Å². The molecular formula is C14H16N4O3. The summed E-state index contributed by atoms with van der Waals surface area (Å²) in [6.45, 7) is 4.13. The Labute approximate surface area is 121 Å². The number of anilines is 1. The van der Waals surface area contributed by atoms with Crippen LogP contribution in [0.5, 0.6) is 0 Å². The van der Waals surface area contributed by atoms with E-state index in [1.165, 1.54) is 18.5 Å². The lowest BCUT2D eigenvalue weighted by Crippen LogP contribution is -2.37. The summed E-state index contributed by atoms with van der Waals surface area (Å²) in [5, 5.41) is 15.4. The first-order valence-electron chi connectivity index (χ1n) is 6.55. The number of rotatable bonds is 5. The molecule has 1 heterocycles. The number of likely N-dealkylation sites (N-methyl/N-ethyl adjacent to an activating group) is 1. The summed E-state index contributed by atoms with van der Waals surface area (Å²) in [7, 11) is 0. The number of fused-ring (bicyclic) bond motifs is 1. The highest BCUT2D eigenvalue weighted by molar-refractivity contribution is 5.97. The minimum atomic E-state index is -1.01. The topological polar surface area (TPSA) is 104 Å². The van der Waals surface area contributed by atoms with Crippen molar-refractivity contribution in [3.8, 4) is 0 Å². The van der Waals surface area contributed by atoms with E-state index in [1.54, 1.807) is 13.0 Å². The van der Waals surface area contributed by atoms with Gasteiger partial charge < -0.3 is 15.7 Å². The molecule has 1 amide bonds. The van der Waals surface area contributed by atoms with Crippen LogP contribution in [0, 0.1) is 0 Å². The number of amides is 1. The quantitative estimate of drug-likeness (QED) is 0.765. The van der Waals surface area contributed by atoms with Crippen LogP contribution in [-0.4, -0.2) is 39.5 Å². The molecule has 0 aliphatic heterocycles. The summed E-state index contributed by atoms with van der Waals surface area (Å²) in [4.78, 5) is 30.9. The second-order valence-electron chi connectivity index (χ2n) is 4.52. The van der Waals surface area contributed by atoms with Crippen LogP contribution in [0.1, 0.15) is 24.2 Å². The number of carboxylic acid groups (broad SMARTS) is 1. The molecule has 2 rings (SSSR count). The van der Waals surface area contributed by atoms with Crippen LogP contribution in [-0.2, 0) is 4.79 Å². The SMILES string of the molecule is CCNC(=O)C(C)Nc1ncnc2cc(C(=O)O)ccc12. The summed E-state index contributed by atoms with van der Waals surface area (Å²) in [6.07, 6.45) is 1.33. The lowest BCUT2D eigenvalue weighted by molar-refractivity contribution is -0.121. The van der Waals surface area contributed by atoms with Gasteiger partial charge in [0.1, 0.15) is 18.2 Å². The average Bonchev–Trinajstić information content (AvgIpc) is 2.47. The predicted octanol–water partition coefficient (Wildman–Crippen LogP) is 1.26. The fourth-order valence-corrected chi connectivity index (χ4v) is 1.90. The van der Waals surface area contributed by atoms with E-state index in [2.05, 4.69) is 20.6 Å². The van der Waals surface area contributed by atoms with Gasteiger partial charge in [0.25, 0.3) is 0 Å². The van der Waals surface area contributed by atoms with Crippen molar-refractivity contribution in [3.05, 3.63) is 30.1 Å². The molecule has 1 aromatic carbocycles. The van der Waals surface area contributed by atoms with Crippen molar-refractivity contribution in [1.29, 1.82) is 0 Å². The monoisotopic (exact) mass is 288 g/mol. The van der Waals surface area contributed by atoms with Crippen molar-refractivity contribution < 1.29 is 14.7 Å². The third-order valence-corrected chi connectivity index (χ3v) is 2.98. The maximum Gasteiger partial charge on any atom is 0.335 e. The summed E-state index contributed by atoms with van der Waals surface area (Å²) in [5.74, 6) is -0.650. The third-order valence-electron chi connectivity index (χ3n) is 2.98. The number of nitrogens with zero attached hydrogens (tertiary/aromatic N) is 2. The van der Waals surface area contributed by atoms with Crippen molar-refractivity contribution in [1.82, 2.24) is 15.3 Å². The minimum absolute atomic E-state index is 0.133. The molecule has 110 valence electrons. The van der Waals surface area contributed by atoms with E-state index in [9.17, 15) is 9.59 Å².